The quantitative estimate of drug-likeness (QED) is 0.610. The van der Waals surface area contributed by atoms with Gasteiger partial charge in [-0.3, -0.25) is 4.79 Å². The fourth-order valence-electron chi connectivity index (χ4n) is 1.96. The summed E-state index contributed by atoms with van der Waals surface area (Å²) < 4.78 is 0. The number of hydrogen-bond acceptors (Lipinski definition) is 1. The van der Waals surface area contributed by atoms with Crippen LogP contribution in [0.2, 0.25) is 0 Å². The van der Waals surface area contributed by atoms with Crippen LogP contribution in [0.15, 0.2) is 23.3 Å². The standard InChI is InChI=1S/C13H20O/c1-10(14)7-8-12-6-5-9-13(3,4)11(12)2/h7-8H,5-6,9H2,1-4H3. The molecule has 1 aliphatic carbocycles. The van der Waals surface area contributed by atoms with Crippen LogP contribution in [-0.2, 0) is 4.79 Å². The van der Waals surface area contributed by atoms with Gasteiger partial charge in [-0.25, -0.2) is 0 Å². The third-order valence-corrected chi connectivity index (χ3v) is 3.26. The molecule has 14 heavy (non-hydrogen) atoms. The van der Waals surface area contributed by atoms with Crippen LogP contribution in [0.25, 0.3) is 0 Å². The molecule has 0 N–H and O–H groups in total. The zero-order valence-corrected chi connectivity index (χ0v) is 9.68. The van der Waals surface area contributed by atoms with Gasteiger partial charge in [0.1, 0.15) is 0 Å². The van der Waals surface area contributed by atoms with E-state index in [2.05, 4.69) is 20.8 Å². The van der Waals surface area contributed by atoms with Crippen molar-refractivity contribution in [1.82, 2.24) is 0 Å². The molecule has 0 unspecified atom stereocenters. The highest BCUT2D eigenvalue weighted by Crippen LogP contribution is 2.40. The summed E-state index contributed by atoms with van der Waals surface area (Å²) in [6.07, 6.45) is 7.30. The first-order chi connectivity index (χ1) is 6.43. The molecular formula is C13H20O. The number of carbonyl (C=O) groups excluding carboxylic acids is 1. The van der Waals surface area contributed by atoms with Gasteiger partial charge >= 0.3 is 0 Å². The van der Waals surface area contributed by atoms with Crippen LogP contribution in [0.1, 0.15) is 47.0 Å². The maximum atomic E-state index is 10.8. The van der Waals surface area contributed by atoms with Crippen molar-refractivity contribution in [3.05, 3.63) is 23.3 Å². The van der Waals surface area contributed by atoms with E-state index in [1.807, 2.05) is 6.08 Å². The highest BCUT2D eigenvalue weighted by Gasteiger charge is 2.25. The Morgan fingerprint density at radius 3 is 2.64 bits per heavy atom. The van der Waals surface area contributed by atoms with E-state index in [0.29, 0.717) is 5.41 Å². The van der Waals surface area contributed by atoms with Crippen LogP contribution in [-0.4, -0.2) is 5.78 Å². The minimum Gasteiger partial charge on any atom is -0.295 e. The number of ketones is 1. The van der Waals surface area contributed by atoms with E-state index < -0.39 is 0 Å². The molecule has 0 atom stereocenters. The lowest BCUT2D eigenvalue weighted by Gasteiger charge is -2.32. The summed E-state index contributed by atoms with van der Waals surface area (Å²) in [5.74, 6) is 0.133. The molecule has 0 aromatic carbocycles. The van der Waals surface area contributed by atoms with E-state index in [1.54, 1.807) is 13.0 Å². The zero-order valence-electron chi connectivity index (χ0n) is 9.68. The second-order valence-electron chi connectivity index (χ2n) is 4.83. The Balaban J connectivity index is 2.91. The fraction of sp³-hybridized carbons (Fsp3) is 0.615. The molecule has 0 saturated heterocycles. The molecule has 0 radical (unpaired) electrons. The number of allylic oxidation sites excluding steroid dienone is 4. The normalized spacial score (nSPS) is 21.7. The van der Waals surface area contributed by atoms with Gasteiger partial charge in [0.05, 0.1) is 0 Å². The Bertz CT molecular complexity index is 292. The lowest BCUT2D eigenvalue weighted by molar-refractivity contribution is -0.112. The van der Waals surface area contributed by atoms with E-state index in [-0.39, 0.29) is 5.78 Å². The molecule has 0 amide bonds. The van der Waals surface area contributed by atoms with Gasteiger partial charge in [0.15, 0.2) is 5.78 Å². The number of rotatable bonds is 2. The van der Waals surface area contributed by atoms with E-state index in [1.165, 1.54) is 24.0 Å². The minimum atomic E-state index is 0.133. The average molecular weight is 192 g/mol. The van der Waals surface area contributed by atoms with Gasteiger partial charge in [-0.05, 0) is 50.2 Å². The van der Waals surface area contributed by atoms with Crippen LogP contribution in [0.5, 0.6) is 0 Å². The SMILES string of the molecule is CC(=O)C=CC1=C(C)C(C)(C)CCC1. The Morgan fingerprint density at radius 2 is 2.07 bits per heavy atom. The maximum absolute atomic E-state index is 10.8. The first kappa shape index (κ1) is 11.2. The molecule has 0 aliphatic heterocycles. The third-order valence-electron chi connectivity index (χ3n) is 3.26. The first-order valence-corrected chi connectivity index (χ1v) is 5.32. The van der Waals surface area contributed by atoms with Crippen LogP contribution in [0, 0.1) is 5.41 Å². The second kappa shape index (κ2) is 4.12. The predicted molar refractivity (Wildman–Crippen MR) is 60.2 cm³/mol. The lowest BCUT2D eigenvalue weighted by Crippen LogP contribution is -2.18. The van der Waals surface area contributed by atoms with E-state index in [9.17, 15) is 4.79 Å². The predicted octanol–water partition coefficient (Wildman–Crippen LogP) is 3.66. The molecule has 0 aromatic rings. The van der Waals surface area contributed by atoms with E-state index in [4.69, 9.17) is 0 Å². The van der Waals surface area contributed by atoms with Gasteiger partial charge in [-0.1, -0.05) is 25.5 Å². The minimum absolute atomic E-state index is 0.133. The van der Waals surface area contributed by atoms with Gasteiger partial charge in [-0.2, -0.15) is 0 Å². The fourth-order valence-corrected chi connectivity index (χ4v) is 1.96. The lowest BCUT2D eigenvalue weighted by atomic mass is 9.73. The molecule has 0 bridgehead atoms. The van der Waals surface area contributed by atoms with Gasteiger partial charge in [0.2, 0.25) is 0 Å². The van der Waals surface area contributed by atoms with Gasteiger partial charge in [0, 0.05) is 0 Å². The van der Waals surface area contributed by atoms with Crippen LogP contribution < -0.4 is 0 Å². The molecule has 0 fully saturated rings. The van der Waals surface area contributed by atoms with Crippen molar-refractivity contribution in [1.29, 1.82) is 0 Å². The molecule has 0 aromatic heterocycles. The second-order valence-corrected chi connectivity index (χ2v) is 4.83. The maximum Gasteiger partial charge on any atom is 0.152 e. The van der Waals surface area contributed by atoms with Crippen molar-refractivity contribution < 1.29 is 4.79 Å². The van der Waals surface area contributed by atoms with Gasteiger partial charge in [0.25, 0.3) is 0 Å². The molecule has 1 heteroatoms. The first-order valence-electron chi connectivity index (χ1n) is 5.32. The number of carbonyl (C=O) groups is 1. The molecule has 1 nitrogen and oxygen atoms in total. The monoisotopic (exact) mass is 192 g/mol. The van der Waals surface area contributed by atoms with Crippen molar-refractivity contribution >= 4 is 5.78 Å². The highest BCUT2D eigenvalue weighted by atomic mass is 16.1. The summed E-state index contributed by atoms with van der Waals surface area (Å²) in [4.78, 5) is 10.8. The summed E-state index contributed by atoms with van der Waals surface area (Å²) in [5.41, 5.74) is 3.12. The Kier molecular flexibility index (Phi) is 3.30. The molecule has 0 saturated carbocycles. The Hall–Kier alpha value is -0.850. The average Bonchev–Trinajstić information content (AvgIpc) is 2.07. The largest absolute Gasteiger partial charge is 0.295 e. The summed E-state index contributed by atoms with van der Waals surface area (Å²) >= 11 is 0. The van der Waals surface area contributed by atoms with Gasteiger partial charge < -0.3 is 0 Å². The van der Waals surface area contributed by atoms with Crippen LogP contribution in [0.3, 0.4) is 0 Å². The number of hydrogen-bond donors (Lipinski definition) is 0. The molecular weight excluding hydrogens is 172 g/mol. The van der Waals surface area contributed by atoms with Crippen LogP contribution >= 0.6 is 0 Å². The zero-order chi connectivity index (χ0) is 10.8. The molecule has 78 valence electrons. The summed E-state index contributed by atoms with van der Waals surface area (Å²) in [6.45, 7) is 8.35. The highest BCUT2D eigenvalue weighted by molar-refractivity contribution is 5.87. The smallest absolute Gasteiger partial charge is 0.152 e. The van der Waals surface area contributed by atoms with Gasteiger partial charge in [-0.15, -0.1) is 0 Å². The molecule has 1 rings (SSSR count). The Morgan fingerprint density at radius 1 is 1.43 bits per heavy atom. The summed E-state index contributed by atoms with van der Waals surface area (Å²) in [5, 5.41) is 0. The topological polar surface area (TPSA) is 17.1 Å². The third kappa shape index (κ3) is 2.57. The molecule has 0 heterocycles. The summed E-state index contributed by atoms with van der Waals surface area (Å²) in [6, 6.07) is 0. The molecule has 0 spiro atoms. The van der Waals surface area contributed by atoms with Crippen molar-refractivity contribution in [3.8, 4) is 0 Å². The summed E-state index contributed by atoms with van der Waals surface area (Å²) in [7, 11) is 0. The van der Waals surface area contributed by atoms with Crippen molar-refractivity contribution in [2.75, 3.05) is 0 Å². The van der Waals surface area contributed by atoms with Crippen molar-refractivity contribution in [2.24, 2.45) is 5.41 Å². The van der Waals surface area contributed by atoms with Crippen molar-refractivity contribution in [2.45, 2.75) is 47.0 Å². The van der Waals surface area contributed by atoms with E-state index >= 15 is 0 Å². The van der Waals surface area contributed by atoms with Crippen LogP contribution in [0.4, 0.5) is 0 Å². The van der Waals surface area contributed by atoms with E-state index in [0.717, 1.165) is 6.42 Å². The Labute approximate surface area is 86.9 Å². The van der Waals surface area contributed by atoms with Crippen molar-refractivity contribution in [3.63, 3.8) is 0 Å². The molecule has 1 aliphatic rings.